The Morgan fingerprint density at radius 3 is 2.30 bits per heavy atom. The van der Waals surface area contributed by atoms with Gasteiger partial charge in [0.1, 0.15) is 11.6 Å². The second-order valence-corrected chi connectivity index (χ2v) is 9.06. The lowest BCUT2D eigenvalue weighted by Crippen LogP contribution is -2.45. The van der Waals surface area contributed by atoms with Crippen LogP contribution in [0.2, 0.25) is 0 Å². The Hall–Kier alpha value is -2.87. The summed E-state index contributed by atoms with van der Waals surface area (Å²) < 4.78 is 20.5. The van der Waals surface area contributed by atoms with Gasteiger partial charge in [-0.1, -0.05) is 12.1 Å². The summed E-state index contributed by atoms with van der Waals surface area (Å²) in [7, 11) is 0. The third kappa shape index (κ3) is 6.35. The van der Waals surface area contributed by atoms with Crippen LogP contribution in [-0.2, 0) is 17.8 Å². The number of pyridine rings is 1. The van der Waals surface area contributed by atoms with Gasteiger partial charge in [-0.3, -0.25) is 0 Å². The van der Waals surface area contributed by atoms with Gasteiger partial charge in [0.15, 0.2) is 0 Å². The van der Waals surface area contributed by atoms with Gasteiger partial charge in [0, 0.05) is 45.5 Å². The van der Waals surface area contributed by atoms with Crippen LogP contribution in [0.5, 0.6) is 0 Å². The van der Waals surface area contributed by atoms with E-state index in [-0.39, 0.29) is 30.6 Å². The highest BCUT2D eigenvalue weighted by molar-refractivity contribution is 5.73. The number of hydrogen-bond acceptors (Lipinski definition) is 5. The maximum atomic E-state index is 14.7. The second kappa shape index (κ2) is 10.8. The topological polar surface area (TPSA) is 69.7 Å². The molecule has 4 rings (SSSR count). The minimum atomic E-state index is -0.296. The van der Waals surface area contributed by atoms with Crippen LogP contribution in [0.25, 0.3) is 0 Å². The van der Waals surface area contributed by atoms with Crippen LogP contribution in [0.4, 0.5) is 20.7 Å². The number of rotatable bonds is 6. The van der Waals surface area contributed by atoms with Gasteiger partial charge < -0.3 is 25.2 Å². The van der Waals surface area contributed by atoms with E-state index in [1.807, 2.05) is 43.1 Å². The number of benzene rings is 1. The van der Waals surface area contributed by atoms with Crippen molar-refractivity contribution in [2.45, 2.75) is 58.4 Å². The first kappa shape index (κ1) is 23.3. The van der Waals surface area contributed by atoms with Crippen LogP contribution >= 0.6 is 0 Å². The molecule has 8 heteroatoms. The largest absolute Gasteiger partial charge is 0.372 e. The number of hydrogen-bond donors (Lipinski definition) is 2. The Morgan fingerprint density at radius 2 is 1.67 bits per heavy atom. The molecule has 2 aliphatic rings. The molecule has 0 bridgehead atoms. The average molecular weight is 456 g/mol. The van der Waals surface area contributed by atoms with Gasteiger partial charge >= 0.3 is 6.03 Å². The van der Waals surface area contributed by atoms with Gasteiger partial charge in [-0.05, 0) is 62.4 Å². The van der Waals surface area contributed by atoms with Crippen LogP contribution in [-0.4, -0.2) is 49.4 Å². The quantitative estimate of drug-likeness (QED) is 0.693. The molecule has 2 saturated heterocycles. The first-order valence-corrected chi connectivity index (χ1v) is 11.9. The third-order valence-electron chi connectivity index (χ3n) is 6.17. The van der Waals surface area contributed by atoms with Crippen LogP contribution in [0.15, 0.2) is 36.5 Å². The van der Waals surface area contributed by atoms with Gasteiger partial charge in [0.25, 0.3) is 0 Å². The molecule has 0 saturated carbocycles. The second-order valence-electron chi connectivity index (χ2n) is 9.06. The Kier molecular flexibility index (Phi) is 7.65. The molecular formula is C25H34FN5O2. The fraction of sp³-hybridized carbons (Fsp3) is 0.520. The number of aromatic nitrogens is 1. The number of nitrogens with zero attached hydrogens (tertiary/aromatic N) is 3. The van der Waals surface area contributed by atoms with Crippen molar-refractivity contribution in [3.05, 3.63) is 53.5 Å². The van der Waals surface area contributed by atoms with E-state index < -0.39 is 0 Å². The van der Waals surface area contributed by atoms with Gasteiger partial charge in [-0.2, -0.15) is 0 Å². The Bertz CT molecular complexity index is 923. The summed E-state index contributed by atoms with van der Waals surface area (Å²) in [6.07, 6.45) is 5.65. The fourth-order valence-corrected chi connectivity index (χ4v) is 4.55. The van der Waals surface area contributed by atoms with Crippen molar-refractivity contribution in [1.82, 2.24) is 15.6 Å². The monoisotopic (exact) mass is 455 g/mol. The number of halogens is 1. The molecule has 2 fully saturated rings. The van der Waals surface area contributed by atoms with Crippen LogP contribution in [0.3, 0.4) is 0 Å². The Morgan fingerprint density at radius 1 is 1.00 bits per heavy atom. The molecule has 2 aliphatic heterocycles. The molecule has 2 atom stereocenters. The van der Waals surface area contributed by atoms with E-state index in [0.717, 1.165) is 24.5 Å². The van der Waals surface area contributed by atoms with Crippen molar-refractivity contribution < 1.29 is 13.9 Å². The van der Waals surface area contributed by atoms with E-state index in [9.17, 15) is 9.18 Å². The molecule has 0 radical (unpaired) electrons. The van der Waals surface area contributed by atoms with Gasteiger partial charge in [-0.15, -0.1) is 0 Å². The van der Waals surface area contributed by atoms with E-state index in [4.69, 9.17) is 4.74 Å². The lowest BCUT2D eigenvalue weighted by molar-refractivity contribution is -0.00539. The van der Waals surface area contributed by atoms with Crippen molar-refractivity contribution >= 4 is 17.5 Å². The summed E-state index contributed by atoms with van der Waals surface area (Å²) in [6.45, 7) is 8.07. The first-order chi connectivity index (χ1) is 16.0. The summed E-state index contributed by atoms with van der Waals surface area (Å²) in [5.41, 5.74) is 2.23. The summed E-state index contributed by atoms with van der Waals surface area (Å²) >= 11 is 0. The van der Waals surface area contributed by atoms with Crippen molar-refractivity contribution in [2.75, 3.05) is 36.0 Å². The lowest BCUT2D eigenvalue weighted by Gasteiger charge is -2.37. The van der Waals surface area contributed by atoms with Gasteiger partial charge in [0.05, 0.1) is 17.9 Å². The zero-order chi connectivity index (χ0) is 23.2. The van der Waals surface area contributed by atoms with Gasteiger partial charge in [-0.25, -0.2) is 14.2 Å². The standard InChI is InChI=1S/C25H34FN5O2/c1-18-16-31(17-19(2)33-18)23-8-6-20(12-22(23)26)13-28-25(32)29-15-21-7-9-24(27-14-21)30-10-4-3-5-11-30/h6-9,12,14,18-19H,3-5,10-11,13,15-17H2,1-2H3,(H2,28,29,32). The molecule has 1 aromatic heterocycles. The maximum absolute atomic E-state index is 14.7. The SMILES string of the molecule is CC1CN(c2ccc(CNC(=O)NCc3ccc(N4CCCCC4)nc3)cc2F)CC(C)O1. The minimum absolute atomic E-state index is 0.0642. The number of nitrogens with one attached hydrogen (secondary N) is 2. The van der Waals surface area contributed by atoms with E-state index in [0.29, 0.717) is 30.9 Å². The molecule has 0 aliphatic carbocycles. The van der Waals surface area contributed by atoms with Crippen LogP contribution in [0, 0.1) is 5.82 Å². The van der Waals surface area contributed by atoms with E-state index in [2.05, 4.69) is 20.5 Å². The molecule has 2 amide bonds. The van der Waals surface area contributed by atoms with Gasteiger partial charge in [0.2, 0.25) is 0 Å². The number of amides is 2. The summed E-state index contributed by atoms with van der Waals surface area (Å²) in [5.74, 6) is 0.713. The lowest BCUT2D eigenvalue weighted by atomic mass is 10.1. The molecule has 1 aromatic carbocycles. The van der Waals surface area contributed by atoms with E-state index in [1.165, 1.54) is 25.3 Å². The number of anilines is 2. The number of carbonyl (C=O) groups excluding carboxylic acids is 1. The smallest absolute Gasteiger partial charge is 0.315 e. The van der Waals surface area contributed by atoms with Crippen molar-refractivity contribution in [3.63, 3.8) is 0 Å². The third-order valence-corrected chi connectivity index (χ3v) is 6.17. The zero-order valence-electron chi connectivity index (χ0n) is 19.5. The fourth-order valence-electron chi connectivity index (χ4n) is 4.55. The molecule has 3 heterocycles. The molecule has 0 spiro atoms. The van der Waals surface area contributed by atoms with Crippen molar-refractivity contribution in [2.24, 2.45) is 0 Å². The number of ether oxygens (including phenoxy) is 1. The summed E-state index contributed by atoms with van der Waals surface area (Å²) in [6, 6.07) is 8.84. The zero-order valence-corrected chi connectivity index (χ0v) is 19.5. The molecule has 7 nitrogen and oxygen atoms in total. The highest BCUT2D eigenvalue weighted by Crippen LogP contribution is 2.24. The maximum Gasteiger partial charge on any atom is 0.315 e. The molecular weight excluding hydrogens is 421 g/mol. The number of morpholine rings is 1. The van der Waals surface area contributed by atoms with Crippen molar-refractivity contribution in [3.8, 4) is 0 Å². The molecule has 2 unspecified atom stereocenters. The molecule has 33 heavy (non-hydrogen) atoms. The first-order valence-electron chi connectivity index (χ1n) is 11.9. The predicted octanol–water partition coefficient (Wildman–Crippen LogP) is 3.82. The highest BCUT2D eigenvalue weighted by atomic mass is 19.1. The van der Waals surface area contributed by atoms with E-state index in [1.54, 1.807) is 6.07 Å². The highest BCUT2D eigenvalue weighted by Gasteiger charge is 2.24. The van der Waals surface area contributed by atoms with Crippen LogP contribution < -0.4 is 20.4 Å². The predicted molar refractivity (Wildman–Crippen MR) is 128 cm³/mol. The number of piperidine rings is 1. The normalized spacial score (nSPS) is 21.1. The Labute approximate surface area is 195 Å². The van der Waals surface area contributed by atoms with Crippen molar-refractivity contribution in [1.29, 1.82) is 0 Å². The summed E-state index contributed by atoms with van der Waals surface area (Å²) in [5, 5.41) is 5.63. The van der Waals surface area contributed by atoms with Crippen LogP contribution in [0.1, 0.15) is 44.2 Å². The molecule has 178 valence electrons. The molecule has 2 aromatic rings. The number of carbonyl (C=O) groups is 1. The Balaban J connectivity index is 1.24. The minimum Gasteiger partial charge on any atom is -0.372 e. The number of urea groups is 1. The average Bonchev–Trinajstić information content (AvgIpc) is 2.82. The molecule has 2 N–H and O–H groups in total. The van der Waals surface area contributed by atoms with E-state index >= 15 is 0 Å². The summed E-state index contributed by atoms with van der Waals surface area (Å²) in [4.78, 5) is 21.1.